The van der Waals surface area contributed by atoms with Crippen molar-refractivity contribution in [1.82, 2.24) is 14.9 Å². The molecule has 0 spiro atoms. The Morgan fingerprint density at radius 1 is 1.15 bits per heavy atom. The molecule has 0 saturated heterocycles. The summed E-state index contributed by atoms with van der Waals surface area (Å²) in [5.74, 6) is 0.774. The zero-order valence-electron chi connectivity index (χ0n) is 15.2. The van der Waals surface area contributed by atoms with Crippen LogP contribution in [0.25, 0.3) is 20.7 Å². The lowest BCUT2D eigenvalue weighted by Crippen LogP contribution is -2.32. The van der Waals surface area contributed by atoms with Crippen LogP contribution in [-0.2, 0) is 6.54 Å². The Kier molecular flexibility index (Phi) is 5.18. The summed E-state index contributed by atoms with van der Waals surface area (Å²) >= 11 is 1.60. The molecule has 26 heavy (non-hydrogen) atoms. The van der Waals surface area contributed by atoms with Crippen LogP contribution < -0.4 is 5.56 Å². The van der Waals surface area contributed by atoms with E-state index in [-0.39, 0.29) is 5.56 Å². The van der Waals surface area contributed by atoms with E-state index in [1.807, 2.05) is 24.3 Å². The van der Waals surface area contributed by atoms with Crippen LogP contribution in [0.4, 0.5) is 0 Å². The van der Waals surface area contributed by atoms with Gasteiger partial charge in [0.25, 0.3) is 5.56 Å². The van der Waals surface area contributed by atoms with Gasteiger partial charge in [-0.05, 0) is 31.5 Å². The van der Waals surface area contributed by atoms with Crippen LogP contribution in [-0.4, -0.2) is 28.0 Å². The van der Waals surface area contributed by atoms with E-state index in [1.165, 1.54) is 38.5 Å². The first-order valence-electron chi connectivity index (χ1n) is 9.49. The van der Waals surface area contributed by atoms with Crippen LogP contribution in [0.15, 0.2) is 41.2 Å². The summed E-state index contributed by atoms with van der Waals surface area (Å²) in [5.41, 5.74) is 1.10. The van der Waals surface area contributed by atoms with Gasteiger partial charge < -0.3 is 4.98 Å². The summed E-state index contributed by atoms with van der Waals surface area (Å²) in [4.78, 5) is 24.6. The number of H-pyrrole nitrogens is 1. The second-order valence-electron chi connectivity index (χ2n) is 7.27. The minimum Gasteiger partial charge on any atom is -0.309 e. The van der Waals surface area contributed by atoms with Gasteiger partial charge in [-0.3, -0.25) is 9.69 Å². The second kappa shape index (κ2) is 7.72. The van der Waals surface area contributed by atoms with Crippen LogP contribution >= 0.6 is 11.3 Å². The van der Waals surface area contributed by atoms with Gasteiger partial charge in [0.2, 0.25) is 0 Å². The van der Waals surface area contributed by atoms with Crippen LogP contribution in [0.2, 0.25) is 0 Å². The lowest BCUT2D eigenvalue weighted by Gasteiger charge is -2.26. The number of benzene rings is 1. The SMILES string of the molecule is CN(Cc1nc2sc(-c3ccccc3)cc2c(=O)[nH]1)C1CCCCCC1. The largest absolute Gasteiger partial charge is 0.309 e. The van der Waals surface area contributed by atoms with Crippen molar-refractivity contribution in [3.63, 3.8) is 0 Å². The van der Waals surface area contributed by atoms with Crippen molar-refractivity contribution in [3.8, 4) is 10.4 Å². The average Bonchev–Trinajstić information content (AvgIpc) is 2.89. The normalized spacial score (nSPS) is 16.2. The number of nitrogens with zero attached hydrogens (tertiary/aromatic N) is 2. The van der Waals surface area contributed by atoms with Crippen molar-refractivity contribution < 1.29 is 0 Å². The van der Waals surface area contributed by atoms with Gasteiger partial charge in [-0.25, -0.2) is 4.98 Å². The maximum absolute atomic E-state index is 12.5. The van der Waals surface area contributed by atoms with Crippen LogP contribution in [0.5, 0.6) is 0 Å². The molecule has 2 heterocycles. The molecule has 3 aromatic rings. The number of aromatic amines is 1. The van der Waals surface area contributed by atoms with Crippen molar-refractivity contribution in [1.29, 1.82) is 0 Å². The van der Waals surface area contributed by atoms with E-state index in [0.717, 1.165) is 21.1 Å². The summed E-state index contributed by atoms with van der Waals surface area (Å²) in [7, 11) is 2.16. The molecule has 4 nitrogen and oxygen atoms in total. The number of fused-ring (bicyclic) bond motifs is 1. The number of nitrogens with one attached hydrogen (secondary N) is 1. The monoisotopic (exact) mass is 367 g/mol. The lowest BCUT2D eigenvalue weighted by atomic mass is 10.1. The molecule has 1 saturated carbocycles. The molecule has 0 unspecified atom stereocenters. The fraction of sp³-hybridized carbons (Fsp3) is 0.429. The average molecular weight is 368 g/mol. The van der Waals surface area contributed by atoms with Crippen molar-refractivity contribution in [2.24, 2.45) is 0 Å². The molecule has 0 aliphatic heterocycles. The number of thiophene rings is 1. The maximum Gasteiger partial charge on any atom is 0.259 e. The Morgan fingerprint density at radius 2 is 1.88 bits per heavy atom. The van der Waals surface area contributed by atoms with Gasteiger partial charge >= 0.3 is 0 Å². The molecule has 1 fully saturated rings. The molecular formula is C21H25N3OS. The van der Waals surface area contributed by atoms with Gasteiger partial charge in [0, 0.05) is 10.9 Å². The molecular weight excluding hydrogens is 342 g/mol. The Bertz CT molecular complexity index is 923. The molecule has 1 aliphatic rings. The molecule has 0 radical (unpaired) electrons. The first kappa shape index (κ1) is 17.4. The minimum atomic E-state index is -0.0299. The first-order chi connectivity index (χ1) is 12.7. The molecule has 136 valence electrons. The molecule has 4 rings (SSSR count). The molecule has 0 amide bonds. The van der Waals surface area contributed by atoms with Gasteiger partial charge in [0.15, 0.2) is 0 Å². The Balaban J connectivity index is 1.59. The molecule has 0 bridgehead atoms. The summed E-state index contributed by atoms with van der Waals surface area (Å²) in [6.45, 7) is 0.703. The number of hydrogen-bond donors (Lipinski definition) is 1. The van der Waals surface area contributed by atoms with E-state index in [4.69, 9.17) is 4.98 Å². The standard InChI is InChI=1S/C21H25N3OS/c1-24(16-11-7-2-3-8-12-16)14-19-22-20(25)17-13-18(26-21(17)23-19)15-9-5-4-6-10-15/h4-6,9-10,13,16H,2-3,7-8,11-12,14H2,1H3,(H,22,23,25). The Morgan fingerprint density at radius 3 is 2.62 bits per heavy atom. The van der Waals surface area contributed by atoms with Gasteiger partial charge in [0.1, 0.15) is 10.7 Å². The topological polar surface area (TPSA) is 49.0 Å². The predicted octanol–water partition coefficient (Wildman–Crippen LogP) is 4.81. The highest BCUT2D eigenvalue weighted by molar-refractivity contribution is 7.21. The van der Waals surface area contributed by atoms with Crippen molar-refractivity contribution >= 4 is 21.6 Å². The van der Waals surface area contributed by atoms with Crippen molar-refractivity contribution in [2.75, 3.05) is 7.05 Å². The molecule has 0 atom stereocenters. The van der Waals surface area contributed by atoms with E-state index in [9.17, 15) is 4.79 Å². The first-order valence-corrected chi connectivity index (χ1v) is 10.3. The van der Waals surface area contributed by atoms with Gasteiger partial charge in [-0.15, -0.1) is 11.3 Å². The molecule has 1 aromatic carbocycles. The second-order valence-corrected chi connectivity index (χ2v) is 8.30. The molecule has 5 heteroatoms. The highest BCUT2D eigenvalue weighted by atomic mass is 32.1. The molecule has 2 aromatic heterocycles. The third-order valence-electron chi connectivity index (χ3n) is 5.36. The molecule has 1 N–H and O–H groups in total. The lowest BCUT2D eigenvalue weighted by molar-refractivity contribution is 0.208. The van der Waals surface area contributed by atoms with Gasteiger partial charge in [-0.2, -0.15) is 0 Å². The third kappa shape index (κ3) is 3.74. The highest BCUT2D eigenvalue weighted by Gasteiger charge is 2.18. The van der Waals surface area contributed by atoms with Crippen molar-refractivity contribution in [3.05, 3.63) is 52.6 Å². The smallest absolute Gasteiger partial charge is 0.259 e. The van der Waals surface area contributed by atoms with E-state index >= 15 is 0 Å². The van der Waals surface area contributed by atoms with Gasteiger partial charge in [0.05, 0.1) is 11.9 Å². The van der Waals surface area contributed by atoms with E-state index in [2.05, 4.69) is 29.1 Å². The Hall–Kier alpha value is -1.98. The minimum absolute atomic E-state index is 0.0299. The predicted molar refractivity (Wildman–Crippen MR) is 109 cm³/mol. The van der Waals surface area contributed by atoms with Crippen LogP contribution in [0.1, 0.15) is 44.3 Å². The van der Waals surface area contributed by atoms with Crippen LogP contribution in [0, 0.1) is 0 Å². The quantitative estimate of drug-likeness (QED) is 0.674. The number of hydrogen-bond acceptors (Lipinski definition) is 4. The Labute approximate surface area is 157 Å². The molecule has 1 aliphatic carbocycles. The zero-order chi connectivity index (χ0) is 17.9. The van der Waals surface area contributed by atoms with E-state index in [1.54, 1.807) is 11.3 Å². The summed E-state index contributed by atoms with van der Waals surface area (Å²) in [6, 6.07) is 12.7. The maximum atomic E-state index is 12.5. The summed E-state index contributed by atoms with van der Waals surface area (Å²) in [6.07, 6.45) is 7.82. The number of aromatic nitrogens is 2. The van der Waals surface area contributed by atoms with E-state index in [0.29, 0.717) is 18.0 Å². The summed E-state index contributed by atoms with van der Waals surface area (Å²) in [5, 5.41) is 0.690. The fourth-order valence-corrected chi connectivity index (χ4v) is 4.92. The fourth-order valence-electron chi connectivity index (χ4n) is 3.86. The zero-order valence-corrected chi connectivity index (χ0v) is 16.0. The summed E-state index contributed by atoms with van der Waals surface area (Å²) < 4.78 is 0. The van der Waals surface area contributed by atoms with Gasteiger partial charge in [-0.1, -0.05) is 56.0 Å². The van der Waals surface area contributed by atoms with Crippen molar-refractivity contribution in [2.45, 2.75) is 51.1 Å². The highest BCUT2D eigenvalue weighted by Crippen LogP contribution is 2.31. The number of rotatable bonds is 4. The third-order valence-corrected chi connectivity index (χ3v) is 6.43. The van der Waals surface area contributed by atoms with Crippen LogP contribution in [0.3, 0.4) is 0 Å². The van der Waals surface area contributed by atoms with E-state index < -0.39 is 0 Å².